The Balaban J connectivity index is 1.62. The smallest absolute Gasteiger partial charge is 0.186 e. The minimum Gasteiger partial charge on any atom is -0.508 e. The van der Waals surface area contributed by atoms with Crippen LogP contribution in [0.25, 0.3) is 0 Å². The van der Waals surface area contributed by atoms with Gasteiger partial charge in [0.05, 0.1) is 32.0 Å². The summed E-state index contributed by atoms with van der Waals surface area (Å²) in [4.78, 5) is 18.1. The predicted molar refractivity (Wildman–Crippen MR) is 219 cm³/mol. The minimum atomic E-state index is -0.877. The van der Waals surface area contributed by atoms with Crippen LogP contribution >= 0.6 is 0 Å². The summed E-state index contributed by atoms with van der Waals surface area (Å²) in [6, 6.07) is 8.87. The van der Waals surface area contributed by atoms with Crippen LogP contribution in [0.5, 0.6) is 17.2 Å². The molecule has 2 aromatic carbocycles. The van der Waals surface area contributed by atoms with Gasteiger partial charge in [-0.25, -0.2) is 4.99 Å². The standard InChI is InChI=1S/C46H61N3O7/c1-4-9-29(25-50)20-34(53)17-16-31-22-41(56-35-13-5-6-14-35)44(54)43-36(31)15-8-11-32(49-45(47)48)23-46(27-51)24-39-37(30-10-7-12-33(52)21-30)18-28(2)19-38(39)42(43)40(46)26-55-3/h7,10,12,20-22,24,28,32,35,37-38,40,42,50-52,54H,4-6,9,11,13-14,16-19,23,25-27H2,1-3H3,(H4,47,48,49). The Morgan fingerprint density at radius 3 is 2.57 bits per heavy atom. The molecule has 8 N–H and O–H groups in total. The van der Waals surface area contributed by atoms with Gasteiger partial charge in [0, 0.05) is 54.2 Å². The second-order valence-electron chi connectivity index (χ2n) is 16.7. The number of aryl methyl sites for hydroxylation is 1. The van der Waals surface area contributed by atoms with Crippen LogP contribution in [0.1, 0.15) is 119 Å². The van der Waals surface area contributed by atoms with Gasteiger partial charge in [0.15, 0.2) is 23.2 Å². The molecular weight excluding hydrogens is 707 g/mol. The van der Waals surface area contributed by atoms with E-state index in [1.165, 1.54) is 0 Å². The number of nitrogens with two attached hydrogens (primary N) is 2. The first-order valence-corrected chi connectivity index (χ1v) is 20.6. The van der Waals surface area contributed by atoms with Gasteiger partial charge < -0.3 is 41.4 Å². The summed E-state index contributed by atoms with van der Waals surface area (Å²) in [7, 11) is 1.67. The highest BCUT2D eigenvalue weighted by Gasteiger charge is 2.54. The number of guanidine groups is 1. The number of ketones is 1. The number of methoxy groups -OCH3 is 1. The number of phenolic OH excluding ortho intramolecular Hbond substituents is 2. The van der Waals surface area contributed by atoms with Crippen LogP contribution in [-0.4, -0.2) is 71.2 Å². The van der Waals surface area contributed by atoms with E-state index in [9.17, 15) is 25.2 Å². The molecule has 2 fully saturated rings. The van der Waals surface area contributed by atoms with Gasteiger partial charge in [0.25, 0.3) is 0 Å². The van der Waals surface area contributed by atoms with E-state index in [0.29, 0.717) is 54.1 Å². The van der Waals surface area contributed by atoms with Crippen LogP contribution in [0.3, 0.4) is 0 Å². The van der Waals surface area contributed by atoms with Crippen molar-refractivity contribution in [2.75, 3.05) is 26.9 Å². The van der Waals surface area contributed by atoms with Gasteiger partial charge in [-0.2, -0.15) is 0 Å². The number of carbonyl (C=O) groups excluding carboxylic acids is 1. The molecule has 56 heavy (non-hydrogen) atoms. The van der Waals surface area contributed by atoms with Crippen molar-refractivity contribution in [2.45, 2.75) is 115 Å². The van der Waals surface area contributed by atoms with Gasteiger partial charge in [0.1, 0.15) is 5.75 Å². The number of fused-ring (bicyclic) bond motifs is 6. The maximum atomic E-state index is 13.4. The van der Waals surface area contributed by atoms with Crippen molar-refractivity contribution < 1.29 is 34.7 Å². The van der Waals surface area contributed by atoms with Gasteiger partial charge in [0.2, 0.25) is 0 Å². The molecule has 302 valence electrons. The number of carbonyl (C=O) groups is 1. The summed E-state index contributed by atoms with van der Waals surface area (Å²) in [6.45, 7) is 4.18. The van der Waals surface area contributed by atoms with Crippen LogP contribution in [0.4, 0.5) is 0 Å². The third kappa shape index (κ3) is 8.96. The largest absolute Gasteiger partial charge is 0.508 e. The third-order valence-corrected chi connectivity index (χ3v) is 12.7. The normalized spacial score (nSPS) is 27.6. The van der Waals surface area contributed by atoms with E-state index in [1.54, 1.807) is 19.3 Å². The van der Waals surface area contributed by atoms with Crippen molar-refractivity contribution in [3.63, 3.8) is 0 Å². The number of hydrogen-bond acceptors (Lipinski definition) is 8. The molecule has 6 rings (SSSR count). The first kappa shape index (κ1) is 41.3. The fraction of sp³-hybridized carbons (Fsp3) is 0.565. The summed E-state index contributed by atoms with van der Waals surface area (Å²) < 4.78 is 12.7. The minimum absolute atomic E-state index is 0.0403. The molecule has 10 nitrogen and oxygen atoms in total. The van der Waals surface area contributed by atoms with Crippen molar-refractivity contribution in [2.24, 2.45) is 39.6 Å². The molecule has 2 saturated carbocycles. The van der Waals surface area contributed by atoms with Gasteiger partial charge in [-0.1, -0.05) is 55.9 Å². The summed E-state index contributed by atoms with van der Waals surface area (Å²) in [5.74, 6) is 6.78. The van der Waals surface area contributed by atoms with Crippen LogP contribution in [0, 0.1) is 35.0 Å². The highest BCUT2D eigenvalue weighted by Crippen LogP contribution is 2.62. The Labute approximate surface area is 332 Å². The topological polar surface area (TPSA) is 181 Å². The lowest BCUT2D eigenvalue weighted by Crippen LogP contribution is -2.49. The number of benzene rings is 2. The average molecular weight is 768 g/mol. The van der Waals surface area contributed by atoms with Crippen molar-refractivity contribution >= 4 is 11.7 Å². The van der Waals surface area contributed by atoms with Crippen molar-refractivity contribution in [1.82, 2.24) is 0 Å². The molecule has 4 aliphatic carbocycles. The molecule has 7 atom stereocenters. The Morgan fingerprint density at radius 2 is 1.89 bits per heavy atom. The number of allylic oxidation sites excluding steroid dienone is 2. The molecule has 2 bridgehead atoms. The number of rotatable bonds is 14. The zero-order valence-corrected chi connectivity index (χ0v) is 33.3. The molecule has 0 aromatic heterocycles. The number of aliphatic imine (C=N–C) groups is 1. The van der Waals surface area contributed by atoms with E-state index in [1.807, 2.05) is 25.1 Å². The van der Waals surface area contributed by atoms with Crippen molar-refractivity contribution in [1.29, 1.82) is 0 Å². The molecule has 4 aliphatic rings. The number of aliphatic hydroxyl groups excluding tert-OH is 2. The number of ether oxygens (including phenoxy) is 2. The Bertz CT molecular complexity index is 1880. The van der Waals surface area contributed by atoms with Gasteiger partial charge in [-0.15, -0.1) is 0 Å². The molecule has 2 aromatic rings. The predicted octanol–water partition coefficient (Wildman–Crippen LogP) is 6.52. The first-order valence-electron chi connectivity index (χ1n) is 20.6. The summed E-state index contributed by atoms with van der Waals surface area (Å²) in [5, 5.41) is 44.9. The maximum absolute atomic E-state index is 13.4. The van der Waals surface area contributed by atoms with Gasteiger partial charge in [-0.3, -0.25) is 4.79 Å². The van der Waals surface area contributed by atoms with Crippen molar-refractivity contribution in [3.8, 4) is 29.1 Å². The summed E-state index contributed by atoms with van der Waals surface area (Å²) >= 11 is 0. The average Bonchev–Trinajstić information content (AvgIpc) is 3.68. The highest BCUT2D eigenvalue weighted by atomic mass is 16.5. The third-order valence-electron chi connectivity index (χ3n) is 12.7. The molecule has 10 heteroatoms. The van der Waals surface area contributed by atoms with E-state index >= 15 is 0 Å². The monoisotopic (exact) mass is 767 g/mol. The Morgan fingerprint density at radius 1 is 1.11 bits per heavy atom. The lowest BCUT2D eigenvalue weighted by Gasteiger charge is -2.54. The highest BCUT2D eigenvalue weighted by molar-refractivity contribution is 5.90. The van der Waals surface area contributed by atoms with Crippen LogP contribution in [0.15, 0.2) is 58.6 Å². The van der Waals surface area contributed by atoms with E-state index in [0.717, 1.165) is 61.6 Å². The number of phenols is 2. The SMILES string of the molecule is CCCC(=CC(=O)CCc1cc(OC2CCCC2)c(O)c2c1C#CCC(N=C(N)N)CC1(CO)C=C3C(c4cccc(O)c4)CC(C)CC3C2C1COC)CO. The van der Waals surface area contributed by atoms with E-state index in [-0.39, 0.29) is 79.3 Å². The van der Waals surface area contributed by atoms with Gasteiger partial charge >= 0.3 is 0 Å². The van der Waals surface area contributed by atoms with E-state index < -0.39 is 11.5 Å². The maximum Gasteiger partial charge on any atom is 0.186 e. The van der Waals surface area contributed by atoms with Crippen LogP contribution in [0.2, 0.25) is 0 Å². The fourth-order valence-corrected chi connectivity index (χ4v) is 10.3. The number of nitrogens with zero attached hydrogens (tertiary/aromatic N) is 1. The lowest BCUT2D eigenvalue weighted by atomic mass is 9.51. The zero-order chi connectivity index (χ0) is 40.0. The first-order chi connectivity index (χ1) is 27.0. The van der Waals surface area contributed by atoms with Crippen molar-refractivity contribution in [3.05, 3.63) is 75.9 Å². The second-order valence-corrected chi connectivity index (χ2v) is 16.7. The van der Waals surface area contributed by atoms with E-state index in [4.69, 9.17) is 20.9 Å². The number of aromatic hydroxyl groups is 2. The molecule has 0 amide bonds. The zero-order valence-electron chi connectivity index (χ0n) is 33.3. The summed E-state index contributed by atoms with van der Waals surface area (Å²) in [5.41, 5.74) is 16.1. The lowest BCUT2D eigenvalue weighted by molar-refractivity contribution is -0.114. The Hall–Kier alpha value is -4.30. The molecule has 0 radical (unpaired) electrons. The molecule has 7 unspecified atom stereocenters. The molecule has 0 aliphatic heterocycles. The molecule has 0 spiro atoms. The molecule has 0 saturated heterocycles. The van der Waals surface area contributed by atoms with Gasteiger partial charge in [-0.05, 0) is 111 Å². The number of hydrogen-bond donors (Lipinski definition) is 6. The summed E-state index contributed by atoms with van der Waals surface area (Å²) in [6.07, 6.45) is 12.1. The number of aliphatic hydroxyl groups is 2. The van der Waals surface area contributed by atoms with E-state index in [2.05, 4.69) is 35.9 Å². The molecule has 0 heterocycles. The second kappa shape index (κ2) is 18.3. The Kier molecular flexibility index (Phi) is 13.5. The quantitative estimate of drug-likeness (QED) is 0.0410. The van der Waals surface area contributed by atoms with Crippen LogP contribution < -0.4 is 16.2 Å². The van der Waals surface area contributed by atoms with Crippen LogP contribution in [-0.2, 0) is 16.0 Å². The fourth-order valence-electron chi connectivity index (χ4n) is 10.3. The molecular formula is C46H61N3O7.